The minimum Gasteiger partial charge on any atom is -0.376 e. The van der Waals surface area contributed by atoms with Crippen LogP contribution >= 0.6 is 24.0 Å². The molecule has 1 aliphatic rings. The van der Waals surface area contributed by atoms with Gasteiger partial charge in [-0.3, -0.25) is 4.99 Å². The third-order valence-corrected chi connectivity index (χ3v) is 6.14. The van der Waals surface area contributed by atoms with Gasteiger partial charge in [0.15, 0.2) is 15.8 Å². The molecule has 1 aromatic rings. The Bertz CT molecular complexity index is 668. The molecule has 0 bridgehead atoms. The monoisotopic (exact) mass is 509 g/mol. The average Bonchev–Trinajstić information content (AvgIpc) is 2.97. The summed E-state index contributed by atoms with van der Waals surface area (Å²) in [5, 5.41) is 6.48. The van der Waals surface area contributed by atoms with Gasteiger partial charge >= 0.3 is 0 Å². The smallest absolute Gasteiger partial charge is 0.191 e. The molecule has 0 amide bonds. The SMILES string of the molecule is CCNC(=NCC(C)COCc1ccccc1)NCC1CCS(=O)(=O)C1.I. The molecule has 2 unspecified atom stereocenters. The Hall–Kier alpha value is -0.870. The van der Waals surface area contributed by atoms with Crippen molar-refractivity contribution in [2.24, 2.45) is 16.8 Å². The topological polar surface area (TPSA) is 79.8 Å². The number of aliphatic imine (C=N–C) groups is 1. The van der Waals surface area contributed by atoms with Gasteiger partial charge in [-0.1, -0.05) is 37.3 Å². The molecule has 1 aliphatic heterocycles. The minimum atomic E-state index is -2.83. The number of hydrogen-bond donors (Lipinski definition) is 2. The number of sulfone groups is 1. The molecule has 2 atom stereocenters. The Balaban J connectivity index is 0.00000364. The van der Waals surface area contributed by atoms with Crippen molar-refractivity contribution in [1.82, 2.24) is 10.6 Å². The molecule has 1 aromatic carbocycles. The van der Waals surface area contributed by atoms with Crippen LogP contribution in [0, 0.1) is 11.8 Å². The van der Waals surface area contributed by atoms with Gasteiger partial charge in [0.2, 0.25) is 0 Å². The maximum Gasteiger partial charge on any atom is 0.191 e. The van der Waals surface area contributed by atoms with E-state index in [9.17, 15) is 8.42 Å². The van der Waals surface area contributed by atoms with E-state index < -0.39 is 9.84 Å². The van der Waals surface area contributed by atoms with E-state index in [0.717, 1.165) is 18.9 Å². The number of hydrogen-bond acceptors (Lipinski definition) is 4. The summed E-state index contributed by atoms with van der Waals surface area (Å²) in [6, 6.07) is 10.1. The molecule has 154 valence electrons. The van der Waals surface area contributed by atoms with Gasteiger partial charge in [0.25, 0.3) is 0 Å². The van der Waals surface area contributed by atoms with Gasteiger partial charge in [0, 0.05) is 19.6 Å². The van der Waals surface area contributed by atoms with Crippen LogP contribution in [-0.4, -0.2) is 52.1 Å². The number of guanidine groups is 1. The van der Waals surface area contributed by atoms with Gasteiger partial charge in [-0.05, 0) is 30.7 Å². The Morgan fingerprint density at radius 3 is 2.67 bits per heavy atom. The molecular weight excluding hydrogens is 477 g/mol. The molecule has 1 heterocycles. The maximum absolute atomic E-state index is 11.5. The minimum absolute atomic E-state index is 0. The van der Waals surface area contributed by atoms with Crippen molar-refractivity contribution >= 4 is 39.8 Å². The van der Waals surface area contributed by atoms with Crippen molar-refractivity contribution in [2.45, 2.75) is 26.9 Å². The normalized spacial score (nSPS) is 19.9. The van der Waals surface area contributed by atoms with Crippen LogP contribution in [0.1, 0.15) is 25.8 Å². The van der Waals surface area contributed by atoms with E-state index in [1.807, 2.05) is 25.1 Å². The van der Waals surface area contributed by atoms with Crippen LogP contribution in [0.2, 0.25) is 0 Å². The second-order valence-corrected chi connectivity index (χ2v) is 9.20. The first kappa shape index (κ1) is 24.2. The molecule has 2 N–H and O–H groups in total. The summed E-state index contributed by atoms with van der Waals surface area (Å²) in [5.74, 6) is 1.81. The molecule has 0 aliphatic carbocycles. The van der Waals surface area contributed by atoms with Crippen LogP contribution in [0.3, 0.4) is 0 Å². The van der Waals surface area contributed by atoms with Crippen LogP contribution in [0.25, 0.3) is 0 Å². The zero-order chi connectivity index (χ0) is 18.8. The number of halogens is 1. The quantitative estimate of drug-likeness (QED) is 0.304. The molecule has 6 nitrogen and oxygen atoms in total. The summed E-state index contributed by atoms with van der Waals surface area (Å²) in [6.45, 7) is 7.47. The molecule has 8 heteroatoms. The zero-order valence-electron chi connectivity index (χ0n) is 16.2. The summed E-state index contributed by atoms with van der Waals surface area (Å²) in [7, 11) is -2.83. The lowest BCUT2D eigenvalue weighted by molar-refractivity contribution is 0.0945. The molecule has 0 radical (unpaired) electrons. The molecule has 27 heavy (non-hydrogen) atoms. The molecule has 0 saturated carbocycles. The lowest BCUT2D eigenvalue weighted by Crippen LogP contribution is -2.40. The number of benzene rings is 1. The Morgan fingerprint density at radius 1 is 1.30 bits per heavy atom. The third kappa shape index (κ3) is 9.75. The summed E-state index contributed by atoms with van der Waals surface area (Å²) >= 11 is 0. The number of nitrogens with zero attached hydrogens (tertiary/aromatic N) is 1. The fraction of sp³-hybridized carbons (Fsp3) is 0.632. The Labute approximate surface area is 180 Å². The van der Waals surface area contributed by atoms with Crippen molar-refractivity contribution in [3.63, 3.8) is 0 Å². The van der Waals surface area contributed by atoms with Gasteiger partial charge in [0.1, 0.15) is 0 Å². The fourth-order valence-corrected chi connectivity index (χ4v) is 4.73. The zero-order valence-corrected chi connectivity index (χ0v) is 19.3. The summed E-state index contributed by atoms with van der Waals surface area (Å²) in [6.07, 6.45) is 0.735. The van der Waals surface area contributed by atoms with Crippen LogP contribution in [-0.2, 0) is 21.2 Å². The summed E-state index contributed by atoms with van der Waals surface area (Å²) in [5.41, 5.74) is 1.17. The fourth-order valence-electron chi connectivity index (χ4n) is 2.87. The summed E-state index contributed by atoms with van der Waals surface area (Å²) < 4.78 is 28.8. The molecule has 1 fully saturated rings. The van der Waals surface area contributed by atoms with Gasteiger partial charge < -0.3 is 15.4 Å². The van der Waals surface area contributed by atoms with Crippen LogP contribution in [0.4, 0.5) is 0 Å². The van der Waals surface area contributed by atoms with E-state index in [1.165, 1.54) is 5.56 Å². The van der Waals surface area contributed by atoms with Crippen molar-refractivity contribution in [1.29, 1.82) is 0 Å². The van der Waals surface area contributed by atoms with E-state index >= 15 is 0 Å². The first-order chi connectivity index (χ1) is 12.5. The Kier molecular flexibility index (Phi) is 11.2. The van der Waals surface area contributed by atoms with E-state index in [2.05, 4.69) is 34.7 Å². The summed E-state index contributed by atoms with van der Waals surface area (Å²) in [4.78, 5) is 4.60. The van der Waals surface area contributed by atoms with E-state index in [1.54, 1.807) is 0 Å². The first-order valence-corrected chi connectivity index (χ1v) is 11.1. The average molecular weight is 509 g/mol. The molecule has 1 saturated heterocycles. The largest absolute Gasteiger partial charge is 0.376 e. The second-order valence-electron chi connectivity index (χ2n) is 6.98. The van der Waals surface area contributed by atoms with Gasteiger partial charge in [-0.2, -0.15) is 0 Å². The molecule has 2 rings (SSSR count). The third-order valence-electron chi connectivity index (χ3n) is 4.30. The maximum atomic E-state index is 11.5. The predicted octanol–water partition coefficient (Wildman–Crippen LogP) is 2.45. The highest BCUT2D eigenvalue weighted by atomic mass is 127. The lowest BCUT2D eigenvalue weighted by Gasteiger charge is -2.15. The van der Waals surface area contributed by atoms with Gasteiger partial charge in [0.05, 0.1) is 24.7 Å². The molecular formula is C19H32IN3O3S. The van der Waals surface area contributed by atoms with Crippen LogP contribution in [0.5, 0.6) is 0 Å². The van der Waals surface area contributed by atoms with E-state index in [-0.39, 0.29) is 35.6 Å². The van der Waals surface area contributed by atoms with Crippen molar-refractivity contribution in [2.75, 3.05) is 37.7 Å². The van der Waals surface area contributed by atoms with E-state index in [0.29, 0.717) is 38.0 Å². The number of rotatable bonds is 9. The highest BCUT2D eigenvalue weighted by Crippen LogP contribution is 2.17. The van der Waals surface area contributed by atoms with Crippen LogP contribution in [0.15, 0.2) is 35.3 Å². The van der Waals surface area contributed by atoms with E-state index in [4.69, 9.17) is 4.74 Å². The number of nitrogens with one attached hydrogen (secondary N) is 2. The number of ether oxygens (including phenoxy) is 1. The molecule has 0 spiro atoms. The van der Waals surface area contributed by atoms with Gasteiger partial charge in [-0.15, -0.1) is 24.0 Å². The first-order valence-electron chi connectivity index (χ1n) is 9.32. The van der Waals surface area contributed by atoms with Crippen LogP contribution < -0.4 is 10.6 Å². The Morgan fingerprint density at radius 2 is 2.04 bits per heavy atom. The highest BCUT2D eigenvalue weighted by Gasteiger charge is 2.27. The molecule has 0 aromatic heterocycles. The van der Waals surface area contributed by atoms with Crippen molar-refractivity contribution < 1.29 is 13.2 Å². The second kappa shape index (κ2) is 12.6. The standard InChI is InChI=1S/C19H31N3O3S.HI/c1-3-20-19(22-12-18-9-10-26(23,24)15-18)21-11-16(2)13-25-14-17-7-5-4-6-8-17;/h4-8,16,18H,3,9-15H2,1-2H3,(H2,20,21,22);1H. The predicted molar refractivity (Wildman–Crippen MR) is 121 cm³/mol. The van der Waals surface area contributed by atoms with Crippen molar-refractivity contribution in [3.8, 4) is 0 Å². The van der Waals surface area contributed by atoms with Gasteiger partial charge in [-0.25, -0.2) is 8.42 Å². The van der Waals surface area contributed by atoms with Crippen molar-refractivity contribution in [3.05, 3.63) is 35.9 Å². The highest BCUT2D eigenvalue weighted by molar-refractivity contribution is 14.0. The lowest BCUT2D eigenvalue weighted by atomic mass is 10.1.